The lowest BCUT2D eigenvalue weighted by Gasteiger charge is -2.25. The summed E-state index contributed by atoms with van der Waals surface area (Å²) in [4.78, 5) is 6.51. The Morgan fingerprint density at radius 2 is 1.90 bits per heavy atom. The van der Waals surface area contributed by atoms with Crippen molar-refractivity contribution in [2.45, 2.75) is 19.6 Å². The van der Waals surface area contributed by atoms with Crippen LogP contribution in [0.25, 0.3) is 17.0 Å². The van der Waals surface area contributed by atoms with E-state index in [1.807, 2.05) is 42.9 Å². The molecule has 0 saturated carbocycles. The van der Waals surface area contributed by atoms with Gasteiger partial charge in [-0.25, -0.2) is 8.42 Å². The van der Waals surface area contributed by atoms with Crippen LogP contribution in [-0.4, -0.2) is 36.5 Å². The Bertz CT molecular complexity index is 1770. The molecule has 0 radical (unpaired) electrons. The molecule has 3 aromatic heterocycles. The maximum absolute atomic E-state index is 11.3. The van der Waals surface area contributed by atoms with Crippen molar-refractivity contribution in [1.82, 2.24) is 14.9 Å². The summed E-state index contributed by atoms with van der Waals surface area (Å²) in [7, 11) is -2.99. The third-order valence-electron chi connectivity index (χ3n) is 6.98. The number of anilines is 3. The maximum Gasteiger partial charge on any atom is 0.199 e. The van der Waals surface area contributed by atoms with Crippen LogP contribution in [-0.2, 0) is 29.5 Å². The van der Waals surface area contributed by atoms with Gasteiger partial charge in [-0.3, -0.25) is 4.98 Å². The predicted octanol–water partition coefficient (Wildman–Crippen LogP) is 5.55. The minimum Gasteiger partial charge on any atom is -0.444 e. The number of nitrogens with one attached hydrogen (secondary N) is 2. The molecule has 1 aliphatic heterocycles. The summed E-state index contributed by atoms with van der Waals surface area (Å²) in [5.41, 5.74) is 6.60. The van der Waals surface area contributed by atoms with Gasteiger partial charge in [-0.05, 0) is 42.0 Å². The maximum atomic E-state index is 11.3. The summed E-state index contributed by atoms with van der Waals surface area (Å²) < 4.78 is 31.0. The molecular weight excluding hydrogens is 522 g/mol. The highest BCUT2D eigenvalue weighted by molar-refractivity contribution is 7.90. The molecule has 2 N–H and O–H groups in total. The molecule has 4 heterocycles. The molecule has 0 spiro atoms. The third kappa shape index (κ3) is 5.95. The Kier molecular flexibility index (Phi) is 7.15. The van der Waals surface area contributed by atoms with Crippen molar-refractivity contribution in [1.29, 1.82) is 0 Å². The second-order valence-corrected chi connectivity index (χ2v) is 12.3. The Morgan fingerprint density at radius 1 is 1.02 bits per heavy atom. The van der Waals surface area contributed by atoms with E-state index in [1.165, 1.54) is 22.7 Å². The van der Waals surface area contributed by atoms with Gasteiger partial charge in [-0.1, -0.05) is 30.3 Å². The van der Waals surface area contributed by atoms with Crippen molar-refractivity contribution >= 4 is 44.1 Å². The lowest BCUT2D eigenvalue weighted by Crippen LogP contribution is -2.22. The lowest BCUT2D eigenvalue weighted by molar-refractivity contribution is 0.486. The summed E-state index contributed by atoms with van der Waals surface area (Å²) in [5, 5.41) is 7.88. The fraction of sp³-hybridized carbons (Fsp3) is 0.194. The van der Waals surface area contributed by atoms with Gasteiger partial charge in [0.25, 0.3) is 0 Å². The van der Waals surface area contributed by atoms with Gasteiger partial charge in [0.05, 0.1) is 30.7 Å². The Hall–Kier alpha value is -4.34. The van der Waals surface area contributed by atoms with Gasteiger partial charge >= 0.3 is 0 Å². The van der Waals surface area contributed by atoms with Crippen LogP contribution in [0.4, 0.5) is 17.3 Å². The summed E-state index contributed by atoms with van der Waals surface area (Å²) in [6.07, 6.45) is 11.1. The molecule has 9 heteroatoms. The predicted molar refractivity (Wildman–Crippen MR) is 160 cm³/mol. The zero-order chi connectivity index (χ0) is 27.5. The number of benzene rings is 2. The van der Waals surface area contributed by atoms with E-state index in [1.54, 1.807) is 0 Å². The number of pyridine rings is 1. The number of furan rings is 1. The molecular formula is C31H31N5O3S. The zero-order valence-electron chi connectivity index (χ0n) is 22.2. The first-order valence-electron chi connectivity index (χ1n) is 13.2. The van der Waals surface area contributed by atoms with Gasteiger partial charge < -0.3 is 24.5 Å². The van der Waals surface area contributed by atoms with Crippen LogP contribution in [0.5, 0.6) is 0 Å². The lowest BCUT2D eigenvalue weighted by atomic mass is 10.0. The normalized spacial score (nSPS) is 13.1. The van der Waals surface area contributed by atoms with Crippen LogP contribution in [0.1, 0.15) is 22.5 Å². The number of hydrogen-bond donors (Lipinski definition) is 2. The highest BCUT2D eigenvalue weighted by Gasteiger charge is 2.19. The second-order valence-electron chi connectivity index (χ2n) is 10.1. The van der Waals surface area contributed by atoms with E-state index in [0.717, 1.165) is 40.7 Å². The van der Waals surface area contributed by atoms with Crippen molar-refractivity contribution < 1.29 is 12.8 Å². The van der Waals surface area contributed by atoms with Gasteiger partial charge in [-0.2, -0.15) is 0 Å². The van der Waals surface area contributed by atoms with E-state index in [9.17, 15) is 8.42 Å². The molecule has 0 unspecified atom stereocenters. The smallest absolute Gasteiger partial charge is 0.199 e. The molecule has 204 valence electrons. The summed E-state index contributed by atoms with van der Waals surface area (Å²) in [6.45, 7) is 2.31. The van der Waals surface area contributed by atoms with Crippen LogP contribution in [0, 0.1) is 0 Å². The highest BCUT2D eigenvalue weighted by atomic mass is 32.2. The largest absolute Gasteiger partial charge is 0.444 e. The molecule has 1 aliphatic rings. The third-order valence-corrected chi connectivity index (χ3v) is 7.92. The quantitative estimate of drug-likeness (QED) is 0.219. The van der Waals surface area contributed by atoms with Crippen LogP contribution in [0.3, 0.4) is 0 Å². The van der Waals surface area contributed by atoms with E-state index in [0.29, 0.717) is 19.6 Å². The number of fused-ring (bicyclic) bond motifs is 2. The van der Waals surface area contributed by atoms with Crippen molar-refractivity contribution in [2.75, 3.05) is 28.8 Å². The SMILES string of the molecule is CS(=O)(=O)CCNCc1ccc(N2C=Cc3cncc(Nc4ccc5c(ccn5Cc5ccccc5)c4)c3C2)o1. The Balaban J connectivity index is 1.15. The number of nitrogens with zero attached hydrogens (tertiary/aromatic N) is 3. The first kappa shape index (κ1) is 25.9. The number of rotatable bonds is 10. The van der Waals surface area contributed by atoms with E-state index >= 15 is 0 Å². The molecule has 0 aliphatic carbocycles. The minimum absolute atomic E-state index is 0.0997. The van der Waals surface area contributed by atoms with Gasteiger partial charge in [-0.15, -0.1) is 0 Å². The Morgan fingerprint density at radius 3 is 2.75 bits per heavy atom. The van der Waals surface area contributed by atoms with Gasteiger partial charge in [0.1, 0.15) is 15.6 Å². The van der Waals surface area contributed by atoms with Crippen LogP contribution >= 0.6 is 0 Å². The highest BCUT2D eigenvalue weighted by Crippen LogP contribution is 2.32. The van der Waals surface area contributed by atoms with Gasteiger partial charge in [0.15, 0.2) is 5.88 Å². The van der Waals surface area contributed by atoms with Crippen molar-refractivity contribution in [2.24, 2.45) is 0 Å². The van der Waals surface area contributed by atoms with Crippen molar-refractivity contribution in [3.05, 3.63) is 114 Å². The minimum atomic E-state index is -2.99. The first-order valence-corrected chi connectivity index (χ1v) is 15.3. The number of hydrogen-bond acceptors (Lipinski definition) is 7. The van der Waals surface area contributed by atoms with E-state index in [4.69, 9.17) is 4.42 Å². The standard InChI is InChI=1S/C31H31N5O3S/c1-40(37,38)16-13-32-19-27-8-10-31(39-27)36-15-12-25-18-33-20-29(28(25)22-36)34-26-7-9-30-24(17-26)11-14-35(30)21-23-5-3-2-4-6-23/h2-12,14-15,17-18,20,32,34H,13,16,19,21-22H2,1H3. The molecule has 5 aromatic rings. The molecule has 0 bridgehead atoms. The van der Waals surface area contributed by atoms with Gasteiger partial charge in [0, 0.05) is 71.7 Å². The van der Waals surface area contributed by atoms with Crippen molar-refractivity contribution in [3.63, 3.8) is 0 Å². The molecule has 2 aromatic carbocycles. The van der Waals surface area contributed by atoms with E-state index < -0.39 is 9.84 Å². The van der Waals surface area contributed by atoms with Crippen LogP contribution in [0.15, 0.2) is 95.9 Å². The molecule has 40 heavy (non-hydrogen) atoms. The summed E-state index contributed by atoms with van der Waals surface area (Å²) >= 11 is 0. The zero-order valence-corrected chi connectivity index (χ0v) is 23.1. The van der Waals surface area contributed by atoms with Crippen molar-refractivity contribution in [3.8, 4) is 0 Å². The van der Waals surface area contributed by atoms with Crippen LogP contribution < -0.4 is 15.5 Å². The summed E-state index contributed by atoms with van der Waals surface area (Å²) in [5.74, 6) is 1.58. The van der Waals surface area contributed by atoms with Crippen LogP contribution in [0.2, 0.25) is 0 Å². The molecule has 8 nitrogen and oxygen atoms in total. The number of aromatic nitrogens is 2. The average molecular weight is 554 g/mol. The summed E-state index contributed by atoms with van der Waals surface area (Å²) in [6, 6.07) is 22.9. The Labute approximate surface area is 233 Å². The molecule has 0 atom stereocenters. The fourth-order valence-corrected chi connectivity index (χ4v) is 5.43. The molecule has 6 rings (SSSR count). The van der Waals surface area contributed by atoms with Gasteiger partial charge in [0.2, 0.25) is 0 Å². The molecule has 0 saturated heterocycles. The van der Waals surface area contributed by atoms with E-state index in [2.05, 4.69) is 79.8 Å². The first-order chi connectivity index (χ1) is 19.4. The fourth-order valence-electron chi connectivity index (χ4n) is 4.91. The second kappa shape index (κ2) is 11.0. The monoisotopic (exact) mass is 553 g/mol. The number of sulfone groups is 1. The molecule has 0 amide bonds. The molecule has 0 fully saturated rings. The van der Waals surface area contributed by atoms with E-state index in [-0.39, 0.29) is 5.75 Å². The topological polar surface area (TPSA) is 92.4 Å². The average Bonchev–Trinajstić information content (AvgIpc) is 3.58.